The SMILES string of the molecule is O=C(NCC[C@@H]1CCc2ccccc21)C(F)(F)F. The molecule has 0 spiro atoms. The van der Waals surface area contributed by atoms with Gasteiger partial charge < -0.3 is 5.32 Å². The number of alkyl halides is 3. The Balaban J connectivity index is 1.85. The molecule has 0 fully saturated rings. The fraction of sp³-hybridized carbons (Fsp3) is 0.462. The first kappa shape index (κ1) is 12.9. The van der Waals surface area contributed by atoms with Gasteiger partial charge in [0, 0.05) is 6.54 Å². The van der Waals surface area contributed by atoms with Crippen molar-refractivity contribution in [2.24, 2.45) is 0 Å². The van der Waals surface area contributed by atoms with Crippen LogP contribution in [0, 0.1) is 0 Å². The first-order chi connectivity index (χ1) is 8.48. The highest BCUT2D eigenvalue weighted by Gasteiger charge is 2.38. The second-order valence-corrected chi connectivity index (χ2v) is 4.48. The third-order valence-electron chi connectivity index (χ3n) is 3.29. The molecular weight excluding hydrogens is 243 g/mol. The van der Waals surface area contributed by atoms with Crippen LogP contribution in [0.2, 0.25) is 0 Å². The number of carbonyl (C=O) groups is 1. The van der Waals surface area contributed by atoms with E-state index in [1.54, 1.807) is 0 Å². The molecule has 98 valence electrons. The summed E-state index contributed by atoms with van der Waals surface area (Å²) in [6.07, 6.45) is -2.32. The monoisotopic (exact) mass is 257 g/mol. The fourth-order valence-electron chi connectivity index (χ4n) is 2.41. The van der Waals surface area contributed by atoms with Crippen molar-refractivity contribution in [2.75, 3.05) is 6.54 Å². The van der Waals surface area contributed by atoms with Crippen molar-refractivity contribution in [1.82, 2.24) is 5.32 Å². The van der Waals surface area contributed by atoms with Gasteiger partial charge >= 0.3 is 12.1 Å². The van der Waals surface area contributed by atoms with E-state index in [-0.39, 0.29) is 12.5 Å². The third-order valence-corrected chi connectivity index (χ3v) is 3.29. The molecule has 1 N–H and O–H groups in total. The van der Waals surface area contributed by atoms with Gasteiger partial charge in [-0.2, -0.15) is 13.2 Å². The number of rotatable bonds is 3. The van der Waals surface area contributed by atoms with Crippen LogP contribution in [0.15, 0.2) is 24.3 Å². The highest BCUT2D eigenvalue weighted by Crippen LogP contribution is 2.34. The minimum Gasteiger partial charge on any atom is -0.348 e. The molecule has 0 radical (unpaired) electrons. The molecule has 5 heteroatoms. The summed E-state index contributed by atoms with van der Waals surface area (Å²) in [6.45, 7) is 0.0668. The van der Waals surface area contributed by atoms with Gasteiger partial charge in [-0.25, -0.2) is 0 Å². The number of fused-ring (bicyclic) bond motifs is 1. The molecule has 0 unspecified atom stereocenters. The maximum atomic E-state index is 12.0. The average molecular weight is 257 g/mol. The van der Waals surface area contributed by atoms with E-state index in [1.807, 2.05) is 29.6 Å². The van der Waals surface area contributed by atoms with E-state index in [0.29, 0.717) is 6.42 Å². The van der Waals surface area contributed by atoms with Crippen molar-refractivity contribution >= 4 is 5.91 Å². The molecule has 1 aliphatic rings. The van der Waals surface area contributed by atoms with Crippen LogP contribution in [-0.2, 0) is 11.2 Å². The molecule has 1 amide bonds. The van der Waals surface area contributed by atoms with Crippen LogP contribution < -0.4 is 5.32 Å². The molecule has 0 heterocycles. The van der Waals surface area contributed by atoms with Gasteiger partial charge in [-0.1, -0.05) is 24.3 Å². The standard InChI is InChI=1S/C13H14F3NO/c14-13(15,16)12(18)17-8-7-10-6-5-9-3-1-2-4-11(9)10/h1-4,10H,5-8H2,(H,17,18)/t10-/m0/s1. The van der Waals surface area contributed by atoms with Gasteiger partial charge in [-0.3, -0.25) is 4.79 Å². The molecule has 0 saturated carbocycles. The molecule has 1 aromatic rings. The Morgan fingerprint density at radius 3 is 2.78 bits per heavy atom. The van der Waals surface area contributed by atoms with Crippen LogP contribution >= 0.6 is 0 Å². The highest BCUT2D eigenvalue weighted by molar-refractivity contribution is 5.81. The summed E-state index contributed by atoms with van der Waals surface area (Å²) < 4.78 is 35.9. The number of halogens is 3. The van der Waals surface area contributed by atoms with Gasteiger partial charge in [-0.15, -0.1) is 0 Å². The number of benzene rings is 1. The zero-order chi connectivity index (χ0) is 13.2. The lowest BCUT2D eigenvalue weighted by Gasteiger charge is -2.13. The Bertz CT molecular complexity index is 442. The lowest BCUT2D eigenvalue weighted by Crippen LogP contribution is -2.37. The number of hydrogen-bond acceptors (Lipinski definition) is 1. The molecule has 2 nitrogen and oxygen atoms in total. The zero-order valence-electron chi connectivity index (χ0n) is 9.76. The van der Waals surface area contributed by atoms with E-state index >= 15 is 0 Å². The average Bonchev–Trinajstić information content (AvgIpc) is 2.71. The molecule has 0 saturated heterocycles. The van der Waals surface area contributed by atoms with Crippen LogP contribution in [0.1, 0.15) is 29.9 Å². The van der Waals surface area contributed by atoms with Gasteiger partial charge in [0.05, 0.1) is 0 Å². The summed E-state index contributed by atoms with van der Waals surface area (Å²) in [5.41, 5.74) is 2.48. The Hall–Kier alpha value is -1.52. The Morgan fingerprint density at radius 2 is 2.06 bits per heavy atom. The third kappa shape index (κ3) is 2.83. The normalized spacial score (nSPS) is 18.5. The van der Waals surface area contributed by atoms with Crippen LogP contribution in [0.4, 0.5) is 13.2 Å². The topological polar surface area (TPSA) is 29.1 Å². The molecule has 1 aliphatic carbocycles. The van der Waals surface area contributed by atoms with Crippen LogP contribution in [-0.4, -0.2) is 18.6 Å². The van der Waals surface area contributed by atoms with Crippen LogP contribution in [0.3, 0.4) is 0 Å². The fourth-order valence-corrected chi connectivity index (χ4v) is 2.41. The molecule has 1 aromatic carbocycles. The number of carbonyl (C=O) groups excluding carboxylic acids is 1. The van der Waals surface area contributed by atoms with Gasteiger partial charge in [0.25, 0.3) is 0 Å². The van der Waals surface area contributed by atoms with E-state index in [2.05, 4.69) is 0 Å². The van der Waals surface area contributed by atoms with Gasteiger partial charge in [0.2, 0.25) is 0 Å². The van der Waals surface area contributed by atoms with E-state index in [1.165, 1.54) is 11.1 Å². The van der Waals surface area contributed by atoms with E-state index < -0.39 is 12.1 Å². The van der Waals surface area contributed by atoms with Gasteiger partial charge in [-0.05, 0) is 36.3 Å². The molecule has 0 aliphatic heterocycles. The van der Waals surface area contributed by atoms with Crippen molar-refractivity contribution in [1.29, 1.82) is 0 Å². The Kier molecular flexibility index (Phi) is 3.59. The lowest BCUT2D eigenvalue weighted by molar-refractivity contribution is -0.173. The maximum Gasteiger partial charge on any atom is 0.471 e. The van der Waals surface area contributed by atoms with E-state index in [4.69, 9.17) is 0 Å². The predicted molar refractivity (Wildman–Crippen MR) is 61.2 cm³/mol. The second kappa shape index (κ2) is 5.00. The zero-order valence-corrected chi connectivity index (χ0v) is 9.76. The number of nitrogens with one attached hydrogen (secondary N) is 1. The number of amides is 1. The summed E-state index contributed by atoms with van der Waals surface area (Å²) in [7, 11) is 0. The highest BCUT2D eigenvalue weighted by atomic mass is 19.4. The van der Waals surface area contributed by atoms with Crippen molar-refractivity contribution in [3.8, 4) is 0 Å². The van der Waals surface area contributed by atoms with Crippen LogP contribution in [0.5, 0.6) is 0 Å². The molecular formula is C13H14F3NO. The van der Waals surface area contributed by atoms with E-state index in [9.17, 15) is 18.0 Å². The summed E-state index contributed by atoms with van der Waals surface area (Å²) in [5.74, 6) is -1.59. The van der Waals surface area contributed by atoms with Crippen molar-refractivity contribution in [2.45, 2.75) is 31.4 Å². The summed E-state index contributed by atoms with van der Waals surface area (Å²) >= 11 is 0. The summed E-state index contributed by atoms with van der Waals surface area (Å²) in [6, 6.07) is 7.96. The smallest absolute Gasteiger partial charge is 0.348 e. The van der Waals surface area contributed by atoms with Crippen molar-refractivity contribution in [3.05, 3.63) is 35.4 Å². The molecule has 2 rings (SSSR count). The predicted octanol–water partition coefficient (Wildman–Crippen LogP) is 2.79. The molecule has 18 heavy (non-hydrogen) atoms. The quantitative estimate of drug-likeness (QED) is 0.886. The van der Waals surface area contributed by atoms with Gasteiger partial charge in [0.15, 0.2) is 0 Å². The van der Waals surface area contributed by atoms with Gasteiger partial charge in [0.1, 0.15) is 0 Å². The first-order valence-electron chi connectivity index (χ1n) is 5.91. The lowest BCUT2D eigenvalue weighted by atomic mass is 9.98. The minimum atomic E-state index is -4.78. The minimum absolute atomic E-state index is 0.0668. The number of aryl methyl sites for hydroxylation is 1. The Labute approximate surface area is 103 Å². The van der Waals surface area contributed by atoms with Crippen LogP contribution in [0.25, 0.3) is 0 Å². The second-order valence-electron chi connectivity index (χ2n) is 4.48. The molecule has 0 bridgehead atoms. The van der Waals surface area contributed by atoms with E-state index in [0.717, 1.165) is 12.8 Å². The maximum absolute atomic E-state index is 12.0. The Morgan fingerprint density at radius 1 is 1.33 bits per heavy atom. The number of hydrogen-bond donors (Lipinski definition) is 1. The van der Waals surface area contributed by atoms with Crippen molar-refractivity contribution < 1.29 is 18.0 Å². The largest absolute Gasteiger partial charge is 0.471 e. The van der Waals surface area contributed by atoms with Crippen molar-refractivity contribution in [3.63, 3.8) is 0 Å². The summed E-state index contributed by atoms with van der Waals surface area (Å²) in [5, 5.41) is 1.92. The summed E-state index contributed by atoms with van der Waals surface area (Å²) in [4.78, 5) is 10.6. The molecule has 0 aromatic heterocycles. The molecule has 1 atom stereocenters. The first-order valence-corrected chi connectivity index (χ1v) is 5.91.